The van der Waals surface area contributed by atoms with Crippen molar-refractivity contribution in [2.45, 2.75) is 19.4 Å². The Bertz CT molecular complexity index is 894. The fraction of sp³-hybridized carbons (Fsp3) is 0.375. The van der Waals surface area contributed by atoms with Crippen LogP contribution in [0.4, 0.5) is 5.69 Å². The van der Waals surface area contributed by atoms with Crippen molar-refractivity contribution in [3.63, 3.8) is 0 Å². The van der Waals surface area contributed by atoms with Crippen molar-refractivity contribution in [3.05, 3.63) is 65.7 Å². The van der Waals surface area contributed by atoms with E-state index in [2.05, 4.69) is 10.2 Å². The number of thioether (sulfide) groups is 1. The first-order valence-corrected chi connectivity index (χ1v) is 11.9. The van der Waals surface area contributed by atoms with Crippen molar-refractivity contribution in [2.75, 3.05) is 43.1 Å². The van der Waals surface area contributed by atoms with Crippen LogP contribution >= 0.6 is 11.8 Å². The quantitative estimate of drug-likeness (QED) is 0.640. The molecule has 0 saturated carbocycles. The highest BCUT2D eigenvalue weighted by molar-refractivity contribution is 7.98. The molecule has 0 bridgehead atoms. The number of hydrogen-bond donors (Lipinski definition) is 1. The number of piperazine rings is 1. The maximum absolute atomic E-state index is 13.2. The third-order valence-corrected chi connectivity index (χ3v) is 6.12. The SMILES string of the molecule is CSCC[C@H](NC(=O)c1ccccc1)C(=O)N1CCN(c2ccc(C(C)=O)cc2)CC1. The van der Waals surface area contributed by atoms with Crippen molar-refractivity contribution >= 4 is 35.0 Å². The largest absolute Gasteiger partial charge is 0.368 e. The average molecular weight is 440 g/mol. The van der Waals surface area contributed by atoms with E-state index >= 15 is 0 Å². The second-order valence-electron chi connectivity index (χ2n) is 7.59. The second-order valence-corrected chi connectivity index (χ2v) is 8.57. The van der Waals surface area contributed by atoms with Gasteiger partial charge in [0, 0.05) is 43.0 Å². The molecule has 164 valence electrons. The van der Waals surface area contributed by atoms with Gasteiger partial charge >= 0.3 is 0 Å². The lowest BCUT2D eigenvalue weighted by Gasteiger charge is -2.37. The number of nitrogens with one attached hydrogen (secondary N) is 1. The van der Waals surface area contributed by atoms with E-state index in [4.69, 9.17) is 0 Å². The second kappa shape index (κ2) is 11.0. The molecule has 1 aliphatic heterocycles. The van der Waals surface area contributed by atoms with E-state index in [0.29, 0.717) is 43.7 Å². The summed E-state index contributed by atoms with van der Waals surface area (Å²) in [5.41, 5.74) is 2.31. The van der Waals surface area contributed by atoms with Gasteiger partial charge in [-0.2, -0.15) is 11.8 Å². The lowest BCUT2D eigenvalue weighted by Crippen LogP contribution is -2.55. The highest BCUT2D eigenvalue weighted by Crippen LogP contribution is 2.18. The molecule has 0 aromatic heterocycles. The summed E-state index contributed by atoms with van der Waals surface area (Å²) in [6.45, 7) is 4.19. The molecule has 7 heteroatoms. The van der Waals surface area contributed by atoms with Gasteiger partial charge in [0.2, 0.25) is 5.91 Å². The predicted molar refractivity (Wildman–Crippen MR) is 126 cm³/mol. The molecular formula is C24H29N3O3S. The van der Waals surface area contributed by atoms with Gasteiger partial charge in [-0.3, -0.25) is 14.4 Å². The summed E-state index contributed by atoms with van der Waals surface area (Å²) in [5, 5.41) is 2.94. The zero-order valence-electron chi connectivity index (χ0n) is 18.0. The van der Waals surface area contributed by atoms with E-state index in [-0.39, 0.29) is 17.6 Å². The summed E-state index contributed by atoms with van der Waals surface area (Å²) in [6.07, 6.45) is 2.60. The summed E-state index contributed by atoms with van der Waals surface area (Å²) in [6, 6.07) is 16.1. The van der Waals surface area contributed by atoms with Crippen molar-refractivity contribution in [2.24, 2.45) is 0 Å². The zero-order chi connectivity index (χ0) is 22.2. The van der Waals surface area contributed by atoms with Crippen LogP contribution in [0.1, 0.15) is 34.1 Å². The molecule has 31 heavy (non-hydrogen) atoms. The van der Waals surface area contributed by atoms with E-state index < -0.39 is 6.04 Å². The average Bonchev–Trinajstić information content (AvgIpc) is 2.82. The zero-order valence-corrected chi connectivity index (χ0v) is 18.9. The van der Waals surface area contributed by atoms with Gasteiger partial charge < -0.3 is 15.1 Å². The van der Waals surface area contributed by atoms with Gasteiger partial charge in [-0.1, -0.05) is 18.2 Å². The van der Waals surface area contributed by atoms with E-state index in [9.17, 15) is 14.4 Å². The van der Waals surface area contributed by atoms with E-state index in [1.807, 2.05) is 53.6 Å². The molecule has 2 aromatic carbocycles. The van der Waals surface area contributed by atoms with Crippen LogP contribution in [0.3, 0.4) is 0 Å². The molecule has 3 rings (SSSR count). The smallest absolute Gasteiger partial charge is 0.251 e. The maximum Gasteiger partial charge on any atom is 0.251 e. The van der Waals surface area contributed by atoms with E-state index in [0.717, 1.165) is 11.4 Å². The lowest BCUT2D eigenvalue weighted by molar-refractivity contribution is -0.133. The van der Waals surface area contributed by atoms with Crippen LogP contribution in [-0.2, 0) is 4.79 Å². The van der Waals surface area contributed by atoms with Crippen LogP contribution < -0.4 is 10.2 Å². The highest BCUT2D eigenvalue weighted by Gasteiger charge is 2.28. The standard InChI is InChI=1S/C24H29N3O3S/c1-18(28)19-8-10-21(11-9-19)26-13-15-27(16-14-26)24(30)22(12-17-31-2)25-23(29)20-6-4-3-5-7-20/h3-11,22H,12-17H2,1-2H3,(H,25,29)/t22-/m0/s1. The van der Waals surface area contributed by atoms with Crippen LogP contribution in [0, 0.1) is 0 Å². The van der Waals surface area contributed by atoms with Gasteiger partial charge in [0.1, 0.15) is 6.04 Å². The van der Waals surface area contributed by atoms with Gasteiger partial charge in [0.25, 0.3) is 5.91 Å². The topological polar surface area (TPSA) is 69.7 Å². The van der Waals surface area contributed by atoms with Crippen molar-refractivity contribution in [1.82, 2.24) is 10.2 Å². The number of amides is 2. The minimum Gasteiger partial charge on any atom is -0.368 e. The predicted octanol–water partition coefficient (Wildman–Crippen LogP) is 3.09. The number of anilines is 1. The van der Waals surface area contributed by atoms with Crippen LogP contribution in [0.15, 0.2) is 54.6 Å². The first-order chi connectivity index (χ1) is 15.0. The molecule has 2 aromatic rings. The number of hydrogen-bond acceptors (Lipinski definition) is 5. The molecule has 1 fully saturated rings. The Morgan fingerprint density at radius 1 is 0.935 bits per heavy atom. The summed E-state index contributed by atoms with van der Waals surface area (Å²) in [7, 11) is 0. The van der Waals surface area contributed by atoms with Crippen molar-refractivity contribution in [3.8, 4) is 0 Å². The lowest BCUT2D eigenvalue weighted by atomic mass is 10.1. The molecular weight excluding hydrogens is 410 g/mol. The van der Waals surface area contributed by atoms with Gasteiger partial charge in [-0.05, 0) is 61.8 Å². The first kappa shape index (κ1) is 22.9. The Labute approximate surface area is 188 Å². The minimum atomic E-state index is -0.526. The number of carbonyl (C=O) groups is 3. The number of nitrogens with zero attached hydrogens (tertiary/aromatic N) is 2. The molecule has 1 aliphatic rings. The van der Waals surface area contributed by atoms with Crippen LogP contribution in [0.2, 0.25) is 0 Å². The normalized spacial score (nSPS) is 14.8. The van der Waals surface area contributed by atoms with Crippen LogP contribution in [0.25, 0.3) is 0 Å². The van der Waals surface area contributed by atoms with Crippen LogP contribution in [0.5, 0.6) is 0 Å². The fourth-order valence-electron chi connectivity index (χ4n) is 3.64. The van der Waals surface area contributed by atoms with E-state index in [1.54, 1.807) is 30.8 Å². The molecule has 1 N–H and O–H groups in total. The van der Waals surface area contributed by atoms with Gasteiger partial charge in [-0.15, -0.1) is 0 Å². The fourth-order valence-corrected chi connectivity index (χ4v) is 4.11. The first-order valence-electron chi connectivity index (χ1n) is 10.5. The maximum atomic E-state index is 13.2. The van der Waals surface area contributed by atoms with Gasteiger partial charge in [0.05, 0.1) is 0 Å². The summed E-state index contributed by atoms with van der Waals surface area (Å²) < 4.78 is 0. The molecule has 2 amide bonds. The number of benzene rings is 2. The minimum absolute atomic E-state index is 0.0232. The number of rotatable bonds is 8. The Morgan fingerprint density at radius 3 is 2.16 bits per heavy atom. The third kappa shape index (κ3) is 6.10. The highest BCUT2D eigenvalue weighted by atomic mass is 32.2. The molecule has 1 saturated heterocycles. The third-order valence-electron chi connectivity index (χ3n) is 5.48. The number of ketones is 1. The van der Waals surface area contributed by atoms with Gasteiger partial charge in [-0.25, -0.2) is 0 Å². The molecule has 6 nitrogen and oxygen atoms in total. The Balaban J connectivity index is 1.60. The Morgan fingerprint density at radius 2 is 1.58 bits per heavy atom. The molecule has 1 heterocycles. The Kier molecular flexibility index (Phi) is 8.12. The van der Waals surface area contributed by atoms with E-state index in [1.165, 1.54) is 0 Å². The number of Topliss-reactive ketones (excluding diaryl/α,β-unsaturated/α-hetero) is 1. The molecule has 0 spiro atoms. The summed E-state index contributed by atoms with van der Waals surface area (Å²) >= 11 is 1.66. The molecule has 1 atom stereocenters. The van der Waals surface area contributed by atoms with Crippen molar-refractivity contribution < 1.29 is 14.4 Å². The summed E-state index contributed by atoms with van der Waals surface area (Å²) in [4.78, 5) is 41.3. The van der Waals surface area contributed by atoms with Crippen LogP contribution in [-0.4, -0.2) is 66.7 Å². The number of carbonyl (C=O) groups excluding carboxylic acids is 3. The van der Waals surface area contributed by atoms with Gasteiger partial charge in [0.15, 0.2) is 5.78 Å². The molecule has 0 radical (unpaired) electrons. The summed E-state index contributed by atoms with van der Waals surface area (Å²) in [5.74, 6) is 0.610. The Hall–Kier alpha value is -2.80. The molecule has 0 unspecified atom stereocenters. The van der Waals surface area contributed by atoms with Crippen molar-refractivity contribution in [1.29, 1.82) is 0 Å². The molecule has 0 aliphatic carbocycles. The monoisotopic (exact) mass is 439 g/mol.